The van der Waals surface area contributed by atoms with Crippen LogP contribution < -0.4 is 4.74 Å². The summed E-state index contributed by atoms with van der Waals surface area (Å²) in [5.74, 6) is 0.805. The van der Waals surface area contributed by atoms with Gasteiger partial charge in [0, 0.05) is 37.3 Å². The highest BCUT2D eigenvalue weighted by atomic mass is 16.6. The summed E-state index contributed by atoms with van der Waals surface area (Å²) in [6.45, 7) is 5.67. The number of carbonyl (C=O) groups excluding carboxylic acids is 1. The molecule has 166 valence electrons. The van der Waals surface area contributed by atoms with Gasteiger partial charge in [-0.1, -0.05) is 6.07 Å². The number of hydrogen-bond donors (Lipinski definition) is 0. The largest absolute Gasteiger partial charge is 0.496 e. The van der Waals surface area contributed by atoms with Crippen molar-refractivity contribution in [1.82, 2.24) is 9.88 Å². The number of methoxy groups -OCH3 is 1. The molecule has 1 aromatic heterocycles. The van der Waals surface area contributed by atoms with E-state index in [1.54, 1.807) is 24.4 Å². The Morgan fingerprint density at radius 3 is 2.39 bits per heavy atom. The van der Waals surface area contributed by atoms with Gasteiger partial charge in [-0.25, -0.2) is 4.79 Å². The number of carbonyl (C=O) groups is 1. The van der Waals surface area contributed by atoms with Crippen LogP contribution in [-0.4, -0.2) is 54.0 Å². The summed E-state index contributed by atoms with van der Waals surface area (Å²) in [5.41, 5.74) is 2.70. The maximum Gasteiger partial charge on any atom is 0.410 e. The van der Waals surface area contributed by atoms with Crippen molar-refractivity contribution in [3.05, 3.63) is 48.3 Å². The summed E-state index contributed by atoms with van der Waals surface area (Å²) in [7, 11) is 3.51. The lowest BCUT2D eigenvalue weighted by atomic mass is 9.91. The van der Waals surface area contributed by atoms with E-state index in [0.29, 0.717) is 0 Å². The van der Waals surface area contributed by atoms with Gasteiger partial charge in [0.1, 0.15) is 11.4 Å². The van der Waals surface area contributed by atoms with E-state index in [9.17, 15) is 4.79 Å². The molecule has 1 fully saturated rings. The minimum absolute atomic E-state index is 0.200. The molecule has 6 heteroatoms. The minimum atomic E-state index is -0.476. The topological polar surface area (TPSA) is 64.0 Å². The van der Waals surface area contributed by atoms with Crippen LogP contribution in [0.2, 0.25) is 0 Å². The van der Waals surface area contributed by atoms with Crippen LogP contribution in [0.4, 0.5) is 4.79 Å². The molecule has 1 aliphatic carbocycles. The number of amides is 1. The van der Waals surface area contributed by atoms with Crippen molar-refractivity contribution < 1.29 is 14.3 Å². The van der Waals surface area contributed by atoms with Crippen molar-refractivity contribution in [3.63, 3.8) is 0 Å². The van der Waals surface area contributed by atoms with E-state index in [1.807, 2.05) is 58.3 Å². The molecule has 0 radical (unpaired) electrons. The van der Waals surface area contributed by atoms with E-state index in [1.165, 1.54) is 0 Å². The second-order valence-corrected chi connectivity index (χ2v) is 9.02. The lowest BCUT2D eigenvalue weighted by Crippen LogP contribution is -2.42. The standard InChI is InChI=1S/C25H33N3O3/c1-25(2,3)31-24(29)28(4)22-9-7-21(8-10-22)27-17-20-16-19(6-11-23(20)30-5)18-12-14-26-15-13-18/h6,11-17,21-22H,7-10H2,1-5H3. The maximum absolute atomic E-state index is 12.3. The van der Waals surface area contributed by atoms with Gasteiger partial charge in [-0.05, 0) is 81.8 Å². The molecule has 1 saturated carbocycles. The van der Waals surface area contributed by atoms with Crippen molar-refractivity contribution in [1.29, 1.82) is 0 Å². The van der Waals surface area contributed by atoms with Crippen LogP contribution in [-0.2, 0) is 4.74 Å². The first-order valence-corrected chi connectivity index (χ1v) is 10.8. The van der Waals surface area contributed by atoms with Crippen molar-refractivity contribution in [2.24, 2.45) is 4.99 Å². The van der Waals surface area contributed by atoms with Gasteiger partial charge >= 0.3 is 6.09 Å². The van der Waals surface area contributed by atoms with E-state index < -0.39 is 5.60 Å². The minimum Gasteiger partial charge on any atom is -0.496 e. The molecule has 0 bridgehead atoms. The van der Waals surface area contributed by atoms with Gasteiger partial charge < -0.3 is 14.4 Å². The molecule has 0 spiro atoms. The summed E-state index contributed by atoms with van der Waals surface area (Å²) < 4.78 is 11.0. The summed E-state index contributed by atoms with van der Waals surface area (Å²) in [6, 6.07) is 10.5. The molecule has 1 amide bonds. The summed E-state index contributed by atoms with van der Waals surface area (Å²) in [4.78, 5) is 23.0. The Balaban J connectivity index is 1.63. The number of benzene rings is 1. The second-order valence-electron chi connectivity index (χ2n) is 9.02. The van der Waals surface area contributed by atoms with E-state index in [4.69, 9.17) is 14.5 Å². The first-order valence-electron chi connectivity index (χ1n) is 10.8. The molecule has 1 aromatic carbocycles. The Morgan fingerprint density at radius 2 is 1.77 bits per heavy atom. The van der Waals surface area contributed by atoms with Gasteiger partial charge in [-0.2, -0.15) is 0 Å². The van der Waals surface area contributed by atoms with E-state index >= 15 is 0 Å². The van der Waals surface area contributed by atoms with Gasteiger partial charge in [0.05, 0.1) is 13.2 Å². The molecule has 2 aromatic rings. The zero-order chi connectivity index (χ0) is 22.4. The van der Waals surface area contributed by atoms with Crippen LogP contribution in [0.15, 0.2) is 47.7 Å². The van der Waals surface area contributed by atoms with Gasteiger partial charge in [-0.3, -0.25) is 9.98 Å². The molecule has 6 nitrogen and oxygen atoms in total. The third-order valence-corrected chi connectivity index (χ3v) is 5.56. The van der Waals surface area contributed by atoms with Crippen LogP contribution in [0.5, 0.6) is 5.75 Å². The molecule has 0 atom stereocenters. The second kappa shape index (κ2) is 9.94. The predicted molar refractivity (Wildman–Crippen MR) is 124 cm³/mol. The molecule has 3 rings (SSSR count). The third kappa shape index (κ3) is 6.29. The number of aromatic nitrogens is 1. The third-order valence-electron chi connectivity index (χ3n) is 5.56. The molecule has 31 heavy (non-hydrogen) atoms. The molecular formula is C25H33N3O3. The average Bonchev–Trinajstić information content (AvgIpc) is 2.76. The smallest absolute Gasteiger partial charge is 0.410 e. The summed E-state index contributed by atoms with van der Waals surface area (Å²) in [5, 5.41) is 0. The van der Waals surface area contributed by atoms with E-state index in [2.05, 4.69) is 11.1 Å². The summed E-state index contributed by atoms with van der Waals surface area (Å²) >= 11 is 0. The van der Waals surface area contributed by atoms with Crippen LogP contribution in [0.1, 0.15) is 52.0 Å². The number of nitrogens with zero attached hydrogens (tertiary/aromatic N) is 3. The van der Waals surface area contributed by atoms with E-state index in [0.717, 1.165) is 48.1 Å². The van der Waals surface area contributed by atoms with Gasteiger partial charge in [-0.15, -0.1) is 0 Å². The monoisotopic (exact) mass is 423 g/mol. The predicted octanol–water partition coefficient (Wildman–Crippen LogP) is 5.35. The molecule has 0 N–H and O–H groups in total. The average molecular weight is 424 g/mol. The Labute approximate surface area is 185 Å². The number of aliphatic imine (C=N–C) groups is 1. The molecule has 1 aliphatic rings. The molecule has 0 aliphatic heterocycles. The van der Waals surface area contributed by atoms with E-state index in [-0.39, 0.29) is 18.2 Å². The zero-order valence-corrected chi connectivity index (χ0v) is 19.2. The van der Waals surface area contributed by atoms with Crippen molar-refractivity contribution in [2.45, 2.75) is 64.1 Å². The van der Waals surface area contributed by atoms with Gasteiger partial charge in [0.2, 0.25) is 0 Å². The SMILES string of the molecule is COc1ccc(-c2ccncc2)cc1C=NC1CCC(N(C)C(=O)OC(C)(C)C)CC1. The van der Waals surface area contributed by atoms with Gasteiger partial charge in [0.25, 0.3) is 0 Å². The summed E-state index contributed by atoms with van der Waals surface area (Å²) in [6.07, 6.45) is 8.99. The molecule has 0 unspecified atom stereocenters. The van der Waals surface area contributed by atoms with Crippen molar-refractivity contribution in [3.8, 4) is 16.9 Å². The highest BCUT2D eigenvalue weighted by molar-refractivity contribution is 5.86. The number of pyridine rings is 1. The lowest BCUT2D eigenvalue weighted by Gasteiger charge is -2.34. The fraction of sp³-hybridized carbons (Fsp3) is 0.480. The zero-order valence-electron chi connectivity index (χ0n) is 19.2. The van der Waals surface area contributed by atoms with Crippen LogP contribution in [0, 0.1) is 0 Å². The van der Waals surface area contributed by atoms with Crippen LogP contribution in [0.25, 0.3) is 11.1 Å². The number of rotatable bonds is 5. The molecule has 1 heterocycles. The number of ether oxygens (including phenoxy) is 2. The highest BCUT2D eigenvalue weighted by Crippen LogP contribution is 2.28. The Morgan fingerprint density at radius 1 is 1.10 bits per heavy atom. The highest BCUT2D eigenvalue weighted by Gasteiger charge is 2.29. The fourth-order valence-electron chi connectivity index (χ4n) is 3.82. The lowest BCUT2D eigenvalue weighted by molar-refractivity contribution is 0.0184. The van der Waals surface area contributed by atoms with Gasteiger partial charge in [0.15, 0.2) is 0 Å². The Hall–Kier alpha value is -2.89. The molecular weight excluding hydrogens is 390 g/mol. The quantitative estimate of drug-likeness (QED) is 0.608. The van der Waals surface area contributed by atoms with Crippen molar-refractivity contribution >= 4 is 12.3 Å². The Kier molecular flexibility index (Phi) is 7.31. The first kappa shape index (κ1) is 22.8. The maximum atomic E-state index is 12.3. The normalized spacial score (nSPS) is 19.3. The Bertz CT molecular complexity index is 898. The van der Waals surface area contributed by atoms with Crippen molar-refractivity contribution in [2.75, 3.05) is 14.2 Å². The fourth-order valence-corrected chi connectivity index (χ4v) is 3.82. The van der Waals surface area contributed by atoms with Crippen LogP contribution >= 0.6 is 0 Å². The first-order chi connectivity index (χ1) is 14.8. The number of hydrogen-bond acceptors (Lipinski definition) is 5. The molecule has 0 saturated heterocycles. The van der Waals surface area contributed by atoms with Crippen LogP contribution in [0.3, 0.4) is 0 Å².